The maximum atomic E-state index is 12.5. The number of aliphatic hydroxyl groups excluding tert-OH is 2. The maximum Gasteiger partial charge on any atom is 0.339 e. The van der Waals surface area contributed by atoms with Crippen LogP contribution in [0.4, 0.5) is 0 Å². The second kappa shape index (κ2) is 8.62. The zero-order valence-electron chi connectivity index (χ0n) is 17.1. The molecule has 7 nitrogen and oxygen atoms in total. The monoisotopic (exact) mass is 413 g/mol. The van der Waals surface area contributed by atoms with Crippen molar-refractivity contribution in [1.29, 1.82) is 0 Å². The normalized spacial score (nSPS) is 15.8. The number of carbonyl (C=O) groups excluding carboxylic acids is 1. The number of nitrogens with one attached hydrogen (secondary N) is 1. The summed E-state index contributed by atoms with van der Waals surface area (Å²) in [6.45, 7) is 1.44. The Hall–Kier alpha value is -2.64. The summed E-state index contributed by atoms with van der Waals surface area (Å²) >= 11 is 0. The van der Waals surface area contributed by atoms with E-state index in [1.165, 1.54) is 31.2 Å². The highest BCUT2D eigenvalue weighted by atomic mass is 16.4. The Morgan fingerprint density at radius 3 is 2.73 bits per heavy atom. The Morgan fingerprint density at radius 1 is 1.23 bits per heavy atom. The van der Waals surface area contributed by atoms with E-state index in [1.807, 2.05) is 19.3 Å². The molecule has 1 aliphatic carbocycles. The molecule has 1 amide bonds. The summed E-state index contributed by atoms with van der Waals surface area (Å²) in [5.74, 6) is 0.215. The van der Waals surface area contributed by atoms with Gasteiger partial charge in [0.05, 0.1) is 19.0 Å². The van der Waals surface area contributed by atoms with E-state index < -0.39 is 18.3 Å². The molecule has 4 rings (SSSR count). The summed E-state index contributed by atoms with van der Waals surface area (Å²) in [4.78, 5) is 24.5. The van der Waals surface area contributed by atoms with Crippen LogP contribution in [0, 0.1) is 6.92 Å². The van der Waals surface area contributed by atoms with Gasteiger partial charge in [-0.1, -0.05) is 12.8 Å². The summed E-state index contributed by atoms with van der Waals surface area (Å²) in [6.07, 6.45) is 5.98. The van der Waals surface area contributed by atoms with Gasteiger partial charge < -0.3 is 24.4 Å². The number of fused-ring (bicyclic) bond motifs is 2. The number of rotatable bonds is 7. The molecule has 1 fully saturated rings. The zero-order chi connectivity index (χ0) is 21.3. The number of aryl methyl sites for hydroxylation is 1. The van der Waals surface area contributed by atoms with Crippen LogP contribution in [0.3, 0.4) is 0 Å². The lowest BCUT2D eigenvalue weighted by Gasteiger charge is -2.11. The molecule has 1 unspecified atom stereocenters. The topological polar surface area (TPSA) is 113 Å². The first-order valence-electron chi connectivity index (χ1n) is 10.5. The Kier molecular flexibility index (Phi) is 5.92. The highest BCUT2D eigenvalue weighted by Gasteiger charge is 2.22. The minimum absolute atomic E-state index is 0.0247. The summed E-state index contributed by atoms with van der Waals surface area (Å²) in [6, 6.07) is 3.82. The second-order valence-electron chi connectivity index (χ2n) is 8.15. The Balaban J connectivity index is 1.62. The van der Waals surface area contributed by atoms with Crippen LogP contribution < -0.4 is 10.9 Å². The number of hydrogen-bond donors (Lipinski definition) is 3. The van der Waals surface area contributed by atoms with Crippen LogP contribution in [0.2, 0.25) is 0 Å². The van der Waals surface area contributed by atoms with E-state index in [-0.39, 0.29) is 25.3 Å². The van der Waals surface area contributed by atoms with Gasteiger partial charge in [0.15, 0.2) is 0 Å². The smallest absolute Gasteiger partial charge is 0.339 e. The van der Waals surface area contributed by atoms with Crippen LogP contribution in [-0.4, -0.2) is 35.4 Å². The van der Waals surface area contributed by atoms with Crippen LogP contribution >= 0.6 is 0 Å². The predicted octanol–water partition coefficient (Wildman–Crippen LogP) is 2.91. The Labute approximate surface area is 173 Å². The molecule has 1 saturated carbocycles. The van der Waals surface area contributed by atoms with Crippen molar-refractivity contribution >= 4 is 27.8 Å². The van der Waals surface area contributed by atoms with Crippen LogP contribution in [0.5, 0.6) is 0 Å². The average Bonchev–Trinajstić information content (AvgIpc) is 3.39. The van der Waals surface area contributed by atoms with Gasteiger partial charge in [0.25, 0.3) is 0 Å². The molecule has 0 bridgehead atoms. The first kappa shape index (κ1) is 20.6. The Bertz CT molecular complexity index is 1120. The molecule has 0 spiro atoms. The van der Waals surface area contributed by atoms with E-state index in [9.17, 15) is 14.7 Å². The fraction of sp³-hybridized carbons (Fsp3) is 0.478. The molecule has 2 aromatic heterocycles. The quantitative estimate of drug-likeness (QED) is 0.514. The molecule has 0 radical (unpaired) electrons. The van der Waals surface area contributed by atoms with Crippen LogP contribution in [0.1, 0.15) is 54.7 Å². The minimum Gasteiger partial charge on any atom is -0.464 e. The number of furan rings is 1. The maximum absolute atomic E-state index is 12.5. The van der Waals surface area contributed by atoms with Gasteiger partial charge in [0, 0.05) is 40.9 Å². The molecule has 30 heavy (non-hydrogen) atoms. The van der Waals surface area contributed by atoms with Crippen molar-refractivity contribution in [3.8, 4) is 0 Å². The van der Waals surface area contributed by atoms with E-state index in [1.54, 1.807) is 6.07 Å². The van der Waals surface area contributed by atoms with E-state index in [2.05, 4.69) is 5.32 Å². The summed E-state index contributed by atoms with van der Waals surface area (Å²) in [5, 5.41) is 22.6. The highest BCUT2D eigenvalue weighted by Crippen LogP contribution is 2.40. The van der Waals surface area contributed by atoms with Crippen LogP contribution in [0.15, 0.2) is 32.0 Å². The van der Waals surface area contributed by atoms with Gasteiger partial charge in [0.2, 0.25) is 5.91 Å². The summed E-state index contributed by atoms with van der Waals surface area (Å²) in [5.41, 5.74) is 3.26. The molecule has 160 valence electrons. The fourth-order valence-corrected chi connectivity index (χ4v) is 4.39. The predicted molar refractivity (Wildman–Crippen MR) is 113 cm³/mol. The molecular weight excluding hydrogens is 386 g/mol. The van der Waals surface area contributed by atoms with Crippen molar-refractivity contribution in [2.45, 2.75) is 57.5 Å². The lowest BCUT2D eigenvalue weighted by Crippen LogP contribution is -2.34. The number of carbonyl (C=O) groups is 1. The van der Waals surface area contributed by atoms with Crippen LogP contribution in [0.25, 0.3) is 21.9 Å². The molecule has 2 heterocycles. The van der Waals surface area contributed by atoms with E-state index in [4.69, 9.17) is 13.9 Å². The molecule has 3 N–H and O–H groups in total. The van der Waals surface area contributed by atoms with Gasteiger partial charge >= 0.3 is 5.63 Å². The minimum atomic E-state index is -0.993. The molecule has 1 aromatic carbocycles. The SMILES string of the molecule is Cc1c(CCC(=O)NCC(O)CO)c(=O)oc2cc3occ(C4CCCC4)c3cc12. The Morgan fingerprint density at radius 2 is 2.00 bits per heavy atom. The lowest BCUT2D eigenvalue weighted by molar-refractivity contribution is -0.121. The molecule has 1 atom stereocenters. The molecular formula is C23H27NO6. The highest BCUT2D eigenvalue weighted by molar-refractivity contribution is 5.96. The van der Waals surface area contributed by atoms with Crippen molar-refractivity contribution in [2.24, 2.45) is 0 Å². The third-order valence-corrected chi connectivity index (χ3v) is 6.15. The van der Waals surface area contributed by atoms with E-state index >= 15 is 0 Å². The molecule has 3 aromatic rings. The van der Waals surface area contributed by atoms with Crippen LogP contribution in [-0.2, 0) is 11.2 Å². The number of aliphatic hydroxyl groups is 2. The summed E-state index contributed by atoms with van der Waals surface area (Å²) in [7, 11) is 0. The largest absolute Gasteiger partial charge is 0.464 e. The number of amides is 1. The van der Waals surface area contributed by atoms with Crippen molar-refractivity contribution < 1.29 is 23.8 Å². The van der Waals surface area contributed by atoms with Crippen molar-refractivity contribution in [3.05, 3.63) is 45.5 Å². The van der Waals surface area contributed by atoms with Gasteiger partial charge in [-0.2, -0.15) is 0 Å². The van der Waals surface area contributed by atoms with Crippen molar-refractivity contribution in [1.82, 2.24) is 5.32 Å². The molecule has 1 aliphatic rings. The molecule has 7 heteroatoms. The average molecular weight is 413 g/mol. The van der Waals surface area contributed by atoms with Gasteiger partial charge in [-0.25, -0.2) is 4.79 Å². The molecule has 0 saturated heterocycles. The van der Waals surface area contributed by atoms with Gasteiger partial charge in [-0.15, -0.1) is 0 Å². The first-order valence-corrected chi connectivity index (χ1v) is 10.5. The fourth-order valence-electron chi connectivity index (χ4n) is 4.39. The number of hydrogen-bond acceptors (Lipinski definition) is 6. The molecule has 0 aliphatic heterocycles. The lowest BCUT2D eigenvalue weighted by atomic mass is 9.95. The standard InChI is InChI=1S/C23H27NO6/c1-13-16(6-7-22(27)24-10-15(26)11-25)23(28)30-21-9-20-18(8-17(13)21)19(12-29-20)14-4-2-3-5-14/h8-9,12,14-15,25-26H,2-7,10-11H2,1H3,(H,24,27). The number of benzene rings is 1. The zero-order valence-corrected chi connectivity index (χ0v) is 17.1. The third-order valence-electron chi connectivity index (χ3n) is 6.15. The van der Waals surface area contributed by atoms with Gasteiger partial charge in [-0.05, 0) is 43.7 Å². The van der Waals surface area contributed by atoms with Gasteiger partial charge in [-0.3, -0.25) is 4.79 Å². The summed E-state index contributed by atoms with van der Waals surface area (Å²) < 4.78 is 11.3. The van der Waals surface area contributed by atoms with Crippen molar-refractivity contribution in [3.63, 3.8) is 0 Å². The van der Waals surface area contributed by atoms with Gasteiger partial charge in [0.1, 0.15) is 11.2 Å². The second-order valence-corrected chi connectivity index (χ2v) is 8.15. The first-order chi connectivity index (χ1) is 14.5. The van der Waals surface area contributed by atoms with E-state index in [0.717, 1.165) is 21.9 Å². The third kappa shape index (κ3) is 4.00. The van der Waals surface area contributed by atoms with Crippen molar-refractivity contribution in [2.75, 3.05) is 13.2 Å². The van der Waals surface area contributed by atoms with E-state index in [0.29, 0.717) is 17.1 Å².